The van der Waals surface area contributed by atoms with E-state index in [1.807, 2.05) is 0 Å². The maximum atomic E-state index is 11.5. The maximum Gasteiger partial charge on any atom is 0.328 e. The third-order valence-electron chi connectivity index (χ3n) is 2.13. The molecule has 0 aromatic rings. The summed E-state index contributed by atoms with van der Waals surface area (Å²) >= 11 is 0. The number of morpholine rings is 1. The van der Waals surface area contributed by atoms with Crippen LogP contribution in [-0.4, -0.2) is 50.8 Å². The monoisotopic (exact) mass is 216 g/mol. The standard InChI is InChI=1S/C9H16N2O4/c1-6(9(13)14-2)11-8(12)7-5-10-3-4-15-7/h6-7,10H,3-5H2,1-2H3,(H,11,12)/t6-,7?/m0/s1. The van der Waals surface area contributed by atoms with Crippen molar-refractivity contribution in [2.24, 2.45) is 0 Å². The molecular formula is C9H16N2O4. The van der Waals surface area contributed by atoms with Gasteiger partial charge in [0.15, 0.2) is 0 Å². The summed E-state index contributed by atoms with van der Waals surface area (Å²) in [4.78, 5) is 22.6. The number of carbonyl (C=O) groups is 2. The van der Waals surface area contributed by atoms with Gasteiger partial charge in [-0.1, -0.05) is 0 Å². The highest BCUT2D eigenvalue weighted by Gasteiger charge is 2.25. The first-order chi connectivity index (χ1) is 7.15. The molecule has 0 spiro atoms. The largest absolute Gasteiger partial charge is 0.467 e. The Kier molecular flexibility index (Phi) is 4.51. The minimum Gasteiger partial charge on any atom is -0.467 e. The van der Waals surface area contributed by atoms with Crippen LogP contribution in [0.25, 0.3) is 0 Å². The third kappa shape index (κ3) is 3.49. The van der Waals surface area contributed by atoms with E-state index in [0.717, 1.165) is 6.54 Å². The van der Waals surface area contributed by atoms with E-state index in [2.05, 4.69) is 15.4 Å². The molecule has 1 unspecified atom stereocenters. The zero-order valence-electron chi connectivity index (χ0n) is 8.91. The lowest BCUT2D eigenvalue weighted by atomic mass is 10.2. The fourth-order valence-electron chi connectivity index (χ4n) is 1.28. The number of esters is 1. The molecule has 0 aromatic carbocycles. The molecule has 6 heteroatoms. The van der Waals surface area contributed by atoms with Crippen molar-refractivity contribution in [2.75, 3.05) is 26.8 Å². The molecular weight excluding hydrogens is 200 g/mol. The molecule has 0 aliphatic carbocycles. The number of nitrogens with one attached hydrogen (secondary N) is 2. The van der Waals surface area contributed by atoms with E-state index in [4.69, 9.17) is 4.74 Å². The van der Waals surface area contributed by atoms with Gasteiger partial charge in [-0.05, 0) is 6.92 Å². The highest BCUT2D eigenvalue weighted by Crippen LogP contribution is 1.97. The third-order valence-corrected chi connectivity index (χ3v) is 2.13. The number of amides is 1. The van der Waals surface area contributed by atoms with Crippen molar-refractivity contribution >= 4 is 11.9 Å². The van der Waals surface area contributed by atoms with E-state index in [0.29, 0.717) is 13.2 Å². The molecule has 1 aliphatic rings. The Morgan fingerprint density at radius 3 is 2.87 bits per heavy atom. The van der Waals surface area contributed by atoms with Crippen molar-refractivity contribution in [3.63, 3.8) is 0 Å². The van der Waals surface area contributed by atoms with Crippen molar-refractivity contribution in [1.82, 2.24) is 10.6 Å². The van der Waals surface area contributed by atoms with Gasteiger partial charge in [0, 0.05) is 13.1 Å². The Bertz CT molecular complexity index is 238. The molecule has 86 valence electrons. The zero-order chi connectivity index (χ0) is 11.3. The smallest absolute Gasteiger partial charge is 0.328 e. The molecule has 1 heterocycles. The molecule has 2 atom stereocenters. The number of rotatable bonds is 3. The van der Waals surface area contributed by atoms with Gasteiger partial charge in [-0.25, -0.2) is 4.79 Å². The molecule has 1 aliphatic heterocycles. The average molecular weight is 216 g/mol. The molecule has 0 aromatic heterocycles. The van der Waals surface area contributed by atoms with E-state index in [-0.39, 0.29) is 5.91 Å². The van der Waals surface area contributed by atoms with E-state index in [1.54, 1.807) is 6.92 Å². The second-order valence-electron chi connectivity index (χ2n) is 3.32. The van der Waals surface area contributed by atoms with E-state index >= 15 is 0 Å². The van der Waals surface area contributed by atoms with Gasteiger partial charge in [-0.15, -0.1) is 0 Å². The van der Waals surface area contributed by atoms with Crippen LogP contribution in [0, 0.1) is 0 Å². The normalized spacial score (nSPS) is 22.9. The van der Waals surface area contributed by atoms with Gasteiger partial charge in [-0.3, -0.25) is 4.79 Å². The van der Waals surface area contributed by atoms with Gasteiger partial charge in [0.1, 0.15) is 12.1 Å². The van der Waals surface area contributed by atoms with Crippen molar-refractivity contribution in [1.29, 1.82) is 0 Å². The SMILES string of the molecule is COC(=O)[C@H](C)NC(=O)C1CNCCO1. The van der Waals surface area contributed by atoms with Gasteiger partial charge >= 0.3 is 5.97 Å². The summed E-state index contributed by atoms with van der Waals surface area (Å²) in [6.07, 6.45) is -0.522. The minimum atomic E-state index is -0.645. The molecule has 1 saturated heterocycles. The first-order valence-corrected chi connectivity index (χ1v) is 4.85. The van der Waals surface area contributed by atoms with E-state index in [9.17, 15) is 9.59 Å². The summed E-state index contributed by atoms with van der Waals surface area (Å²) in [5.41, 5.74) is 0. The van der Waals surface area contributed by atoms with E-state index < -0.39 is 18.1 Å². The Balaban J connectivity index is 2.36. The van der Waals surface area contributed by atoms with Crippen molar-refractivity contribution in [3.05, 3.63) is 0 Å². The predicted octanol–water partition coefficient (Wildman–Crippen LogP) is -1.35. The van der Waals surface area contributed by atoms with Crippen LogP contribution in [-0.2, 0) is 19.1 Å². The molecule has 0 bridgehead atoms. The maximum absolute atomic E-state index is 11.5. The van der Waals surface area contributed by atoms with E-state index in [1.165, 1.54) is 7.11 Å². The molecule has 2 N–H and O–H groups in total. The number of hydrogen-bond acceptors (Lipinski definition) is 5. The highest BCUT2D eigenvalue weighted by atomic mass is 16.5. The lowest BCUT2D eigenvalue weighted by Crippen LogP contribution is -2.51. The van der Waals surface area contributed by atoms with Gasteiger partial charge < -0.3 is 20.1 Å². The number of methoxy groups -OCH3 is 1. The second kappa shape index (κ2) is 5.67. The fraction of sp³-hybridized carbons (Fsp3) is 0.778. The summed E-state index contributed by atoms with van der Waals surface area (Å²) < 4.78 is 9.72. The van der Waals surface area contributed by atoms with Crippen molar-refractivity contribution in [2.45, 2.75) is 19.1 Å². The molecule has 1 rings (SSSR count). The molecule has 15 heavy (non-hydrogen) atoms. The molecule has 1 amide bonds. The van der Waals surface area contributed by atoms with Crippen molar-refractivity contribution in [3.8, 4) is 0 Å². The van der Waals surface area contributed by atoms with Crippen LogP contribution in [0.1, 0.15) is 6.92 Å². The van der Waals surface area contributed by atoms with Crippen LogP contribution in [0.3, 0.4) is 0 Å². The minimum absolute atomic E-state index is 0.292. The van der Waals surface area contributed by atoms with Crippen LogP contribution < -0.4 is 10.6 Å². The summed E-state index contributed by atoms with van der Waals surface area (Å²) in [5.74, 6) is -0.757. The number of hydrogen-bond donors (Lipinski definition) is 2. The topological polar surface area (TPSA) is 76.7 Å². The van der Waals surface area contributed by atoms with Crippen LogP contribution in [0.2, 0.25) is 0 Å². The Hall–Kier alpha value is -1.14. The Morgan fingerprint density at radius 1 is 1.60 bits per heavy atom. The molecule has 6 nitrogen and oxygen atoms in total. The van der Waals surface area contributed by atoms with Gasteiger partial charge in [0.05, 0.1) is 13.7 Å². The van der Waals surface area contributed by atoms with Crippen LogP contribution in [0.4, 0.5) is 0 Å². The van der Waals surface area contributed by atoms with Gasteiger partial charge in [0.25, 0.3) is 5.91 Å². The predicted molar refractivity (Wildman–Crippen MR) is 52.2 cm³/mol. The fourth-order valence-corrected chi connectivity index (χ4v) is 1.28. The average Bonchev–Trinajstić information content (AvgIpc) is 2.29. The lowest BCUT2D eigenvalue weighted by Gasteiger charge is -2.23. The summed E-state index contributed by atoms with van der Waals surface area (Å²) in [7, 11) is 1.28. The first-order valence-electron chi connectivity index (χ1n) is 4.85. The highest BCUT2D eigenvalue weighted by molar-refractivity contribution is 5.86. The van der Waals surface area contributed by atoms with Gasteiger partial charge in [0.2, 0.25) is 0 Å². The van der Waals surface area contributed by atoms with Crippen LogP contribution >= 0.6 is 0 Å². The lowest BCUT2D eigenvalue weighted by molar-refractivity contribution is -0.146. The van der Waals surface area contributed by atoms with Gasteiger partial charge in [-0.2, -0.15) is 0 Å². The van der Waals surface area contributed by atoms with Crippen LogP contribution in [0.5, 0.6) is 0 Å². The quantitative estimate of drug-likeness (QED) is 0.571. The van der Waals surface area contributed by atoms with Crippen LogP contribution in [0.15, 0.2) is 0 Å². The van der Waals surface area contributed by atoms with Crippen molar-refractivity contribution < 1.29 is 19.1 Å². The first kappa shape index (κ1) is 11.9. The molecule has 1 fully saturated rings. The molecule has 0 saturated carbocycles. The summed E-state index contributed by atoms with van der Waals surface area (Å²) in [6.45, 7) is 3.29. The second-order valence-corrected chi connectivity index (χ2v) is 3.32. The Morgan fingerprint density at radius 2 is 2.33 bits per heavy atom. The zero-order valence-corrected chi connectivity index (χ0v) is 8.91. The Labute approximate surface area is 88.3 Å². The summed E-state index contributed by atoms with van der Waals surface area (Å²) in [5, 5.41) is 5.55. The molecule has 0 radical (unpaired) electrons. The number of carbonyl (C=O) groups excluding carboxylic acids is 2. The summed E-state index contributed by atoms with van der Waals surface area (Å²) in [6, 6.07) is -0.645. The number of ether oxygens (including phenoxy) is 2.